The number of aromatic nitrogens is 2. The maximum Gasteiger partial charge on any atom is 0.319 e. The summed E-state index contributed by atoms with van der Waals surface area (Å²) in [6, 6.07) is 0.264. The Morgan fingerprint density at radius 3 is 2.65 bits per heavy atom. The Balaban J connectivity index is 2.27. The zero-order valence-corrected chi connectivity index (χ0v) is 11.4. The Bertz CT molecular complexity index is 338. The van der Waals surface area contributed by atoms with Gasteiger partial charge in [-0.25, -0.2) is 4.98 Å². The van der Waals surface area contributed by atoms with Crippen LogP contribution < -0.4 is 9.47 Å². The van der Waals surface area contributed by atoms with E-state index < -0.39 is 0 Å². The van der Waals surface area contributed by atoms with Crippen LogP contribution in [-0.2, 0) is 9.47 Å². The summed E-state index contributed by atoms with van der Waals surface area (Å²) in [6.07, 6.45) is 1.58. The highest BCUT2D eigenvalue weighted by Crippen LogP contribution is 2.22. The van der Waals surface area contributed by atoms with Crippen LogP contribution in [0.5, 0.6) is 11.9 Å². The predicted molar refractivity (Wildman–Crippen MR) is 64.5 cm³/mol. The van der Waals surface area contributed by atoms with E-state index >= 15 is 0 Å². The minimum Gasteiger partial charge on any atom is -0.480 e. The molecule has 0 bridgehead atoms. The van der Waals surface area contributed by atoms with Crippen molar-refractivity contribution in [3.8, 4) is 11.9 Å². The van der Waals surface area contributed by atoms with Gasteiger partial charge in [0.05, 0.1) is 37.6 Å². The van der Waals surface area contributed by atoms with Crippen molar-refractivity contribution >= 4 is 15.9 Å². The Morgan fingerprint density at radius 1 is 1.18 bits per heavy atom. The van der Waals surface area contributed by atoms with Gasteiger partial charge in [-0.3, -0.25) is 0 Å². The fourth-order valence-corrected chi connectivity index (χ4v) is 1.34. The second-order valence-corrected chi connectivity index (χ2v) is 3.82. The Morgan fingerprint density at radius 2 is 1.94 bits per heavy atom. The normalized spacial score (nSPS) is 10.3. The van der Waals surface area contributed by atoms with E-state index in [4.69, 9.17) is 18.9 Å². The summed E-state index contributed by atoms with van der Waals surface area (Å²) in [5, 5.41) is 0. The van der Waals surface area contributed by atoms with Crippen molar-refractivity contribution in [3.63, 3.8) is 0 Å². The Kier molecular flexibility index (Phi) is 6.83. The van der Waals surface area contributed by atoms with Crippen LogP contribution in [0.25, 0.3) is 0 Å². The molecule has 0 aliphatic heterocycles. The monoisotopic (exact) mass is 306 g/mol. The van der Waals surface area contributed by atoms with Gasteiger partial charge in [0.15, 0.2) is 0 Å². The Hall–Kier alpha value is -0.920. The van der Waals surface area contributed by atoms with E-state index in [1.807, 2.05) is 0 Å². The summed E-state index contributed by atoms with van der Waals surface area (Å²) in [4.78, 5) is 8.02. The average Bonchev–Trinajstić information content (AvgIpc) is 2.35. The molecule has 1 rings (SSSR count). The molecule has 1 aromatic rings. The van der Waals surface area contributed by atoms with Crippen molar-refractivity contribution in [1.29, 1.82) is 0 Å². The van der Waals surface area contributed by atoms with Gasteiger partial charge in [-0.2, -0.15) is 4.98 Å². The van der Waals surface area contributed by atoms with Gasteiger partial charge in [-0.1, -0.05) is 0 Å². The number of ether oxygens (including phenoxy) is 4. The van der Waals surface area contributed by atoms with E-state index in [0.717, 1.165) is 0 Å². The van der Waals surface area contributed by atoms with Crippen molar-refractivity contribution in [2.75, 3.05) is 40.6 Å². The van der Waals surface area contributed by atoms with Gasteiger partial charge in [-0.15, -0.1) is 0 Å². The summed E-state index contributed by atoms with van der Waals surface area (Å²) in [5.41, 5.74) is 0. The van der Waals surface area contributed by atoms with E-state index in [1.165, 1.54) is 7.11 Å². The lowest BCUT2D eigenvalue weighted by atomic mass is 10.6. The molecule has 7 heteroatoms. The smallest absolute Gasteiger partial charge is 0.319 e. The van der Waals surface area contributed by atoms with Gasteiger partial charge >= 0.3 is 6.01 Å². The number of hydrogen-bond acceptors (Lipinski definition) is 6. The number of nitrogens with zero attached hydrogens (tertiary/aromatic N) is 2. The van der Waals surface area contributed by atoms with Crippen molar-refractivity contribution in [3.05, 3.63) is 10.7 Å². The van der Waals surface area contributed by atoms with Crippen molar-refractivity contribution in [2.45, 2.75) is 0 Å². The molecule has 17 heavy (non-hydrogen) atoms. The standard InChI is InChI=1S/C10H15BrN2O4/c1-14-3-4-16-5-6-17-10-12-7-8(11)9(13-10)15-2/h7H,3-6H2,1-2H3. The molecule has 0 spiro atoms. The first-order valence-corrected chi connectivity index (χ1v) is 5.83. The van der Waals surface area contributed by atoms with E-state index in [1.54, 1.807) is 13.3 Å². The van der Waals surface area contributed by atoms with Crippen LogP contribution in [0.1, 0.15) is 0 Å². The molecule has 0 saturated carbocycles. The van der Waals surface area contributed by atoms with E-state index in [-0.39, 0.29) is 6.01 Å². The highest BCUT2D eigenvalue weighted by Gasteiger charge is 2.05. The maximum atomic E-state index is 5.29. The first-order valence-electron chi connectivity index (χ1n) is 5.04. The zero-order valence-electron chi connectivity index (χ0n) is 9.81. The van der Waals surface area contributed by atoms with Gasteiger partial charge in [0.25, 0.3) is 0 Å². The molecule has 0 aliphatic rings. The summed E-state index contributed by atoms with van der Waals surface area (Å²) in [5.74, 6) is 0.440. The third-order valence-corrected chi connectivity index (χ3v) is 2.32. The molecule has 1 heterocycles. The third kappa shape index (κ3) is 5.29. The first kappa shape index (κ1) is 14.1. The quantitative estimate of drug-likeness (QED) is 0.674. The van der Waals surface area contributed by atoms with Gasteiger partial charge in [-0.05, 0) is 15.9 Å². The molecule has 0 N–H and O–H groups in total. The lowest BCUT2D eigenvalue weighted by Gasteiger charge is -2.07. The molecule has 0 radical (unpaired) electrons. The van der Waals surface area contributed by atoms with Gasteiger partial charge in [0.1, 0.15) is 6.61 Å². The summed E-state index contributed by atoms with van der Waals surface area (Å²) in [7, 11) is 3.16. The first-order chi connectivity index (χ1) is 8.27. The number of rotatable bonds is 8. The minimum atomic E-state index is 0.264. The van der Waals surface area contributed by atoms with Crippen molar-refractivity contribution < 1.29 is 18.9 Å². The highest BCUT2D eigenvalue weighted by atomic mass is 79.9. The molecule has 6 nitrogen and oxygen atoms in total. The summed E-state index contributed by atoms with van der Waals surface area (Å²) in [6.45, 7) is 1.96. The Labute approximate surface area is 108 Å². The summed E-state index contributed by atoms with van der Waals surface area (Å²) >= 11 is 3.26. The second-order valence-electron chi connectivity index (χ2n) is 2.96. The highest BCUT2D eigenvalue weighted by molar-refractivity contribution is 9.10. The maximum absolute atomic E-state index is 5.29. The minimum absolute atomic E-state index is 0.264. The topological polar surface area (TPSA) is 62.7 Å². The SMILES string of the molecule is COCCOCCOc1ncc(Br)c(OC)n1. The molecule has 0 atom stereocenters. The molecule has 1 aromatic heterocycles. The third-order valence-electron chi connectivity index (χ3n) is 1.77. The molecular formula is C10H15BrN2O4. The van der Waals surface area contributed by atoms with Crippen LogP contribution in [0.2, 0.25) is 0 Å². The van der Waals surface area contributed by atoms with Crippen LogP contribution >= 0.6 is 15.9 Å². The van der Waals surface area contributed by atoms with Crippen LogP contribution in [0, 0.1) is 0 Å². The molecule has 0 aromatic carbocycles. The molecule has 0 unspecified atom stereocenters. The van der Waals surface area contributed by atoms with E-state index in [0.29, 0.717) is 36.8 Å². The van der Waals surface area contributed by atoms with Gasteiger partial charge in [0.2, 0.25) is 5.88 Å². The fourth-order valence-electron chi connectivity index (χ4n) is 0.985. The average molecular weight is 307 g/mol. The lowest BCUT2D eigenvalue weighted by molar-refractivity contribution is 0.0527. The van der Waals surface area contributed by atoms with Gasteiger partial charge in [0, 0.05) is 7.11 Å². The zero-order chi connectivity index (χ0) is 12.5. The van der Waals surface area contributed by atoms with Crippen molar-refractivity contribution in [1.82, 2.24) is 9.97 Å². The fraction of sp³-hybridized carbons (Fsp3) is 0.600. The molecular weight excluding hydrogens is 292 g/mol. The van der Waals surface area contributed by atoms with Crippen LogP contribution in [0.4, 0.5) is 0 Å². The van der Waals surface area contributed by atoms with Crippen molar-refractivity contribution in [2.24, 2.45) is 0 Å². The summed E-state index contributed by atoms with van der Waals surface area (Å²) < 4.78 is 21.1. The van der Waals surface area contributed by atoms with Crippen LogP contribution in [0.15, 0.2) is 10.7 Å². The van der Waals surface area contributed by atoms with E-state index in [9.17, 15) is 0 Å². The molecule has 0 aliphatic carbocycles. The number of methoxy groups -OCH3 is 2. The largest absolute Gasteiger partial charge is 0.480 e. The molecule has 0 saturated heterocycles. The number of halogens is 1. The molecule has 0 fully saturated rings. The van der Waals surface area contributed by atoms with Crippen LogP contribution in [0.3, 0.4) is 0 Å². The predicted octanol–water partition coefficient (Wildman–Crippen LogP) is 1.29. The van der Waals surface area contributed by atoms with Gasteiger partial charge < -0.3 is 18.9 Å². The number of hydrogen-bond donors (Lipinski definition) is 0. The molecule has 96 valence electrons. The van der Waals surface area contributed by atoms with Crippen LogP contribution in [-0.4, -0.2) is 50.6 Å². The molecule has 0 amide bonds. The lowest BCUT2D eigenvalue weighted by Crippen LogP contribution is -2.11. The van der Waals surface area contributed by atoms with E-state index in [2.05, 4.69) is 25.9 Å². The second kappa shape index (κ2) is 8.21.